The number of alkyl halides is 3. The van der Waals surface area contributed by atoms with Gasteiger partial charge in [-0.05, 0) is 24.5 Å². The van der Waals surface area contributed by atoms with Gasteiger partial charge in [0, 0.05) is 28.8 Å². The first-order chi connectivity index (χ1) is 18.3. The minimum atomic E-state index is -4.64. The highest BCUT2D eigenvalue weighted by Gasteiger charge is 2.43. The van der Waals surface area contributed by atoms with E-state index < -0.39 is 12.5 Å². The van der Waals surface area contributed by atoms with Crippen molar-refractivity contribution >= 4 is 17.3 Å². The topological polar surface area (TPSA) is 109 Å². The van der Waals surface area contributed by atoms with Gasteiger partial charge in [-0.3, -0.25) is 9.48 Å². The van der Waals surface area contributed by atoms with E-state index in [1.165, 1.54) is 0 Å². The number of halogens is 3. The maximum Gasteiger partial charge on any atom is 0.446 e. The highest BCUT2D eigenvalue weighted by molar-refractivity contribution is 5.89. The van der Waals surface area contributed by atoms with E-state index in [0.717, 1.165) is 53.5 Å². The van der Waals surface area contributed by atoms with Crippen molar-refractivity contribution in [2.75, 3.05) is 6.61 Å². The Bertz CT molecular complexity index is 1370. The summed E-state index contributed by atoms with van der Waals surface area (Å²) < 4.78 is 39.4. The largest absolute Gasteiger partial charge is 0.446 e. The van der Waals surface area contributed by atoms with Gasteiger partial charge in [-0.2, -0.15) is 23.5 Å². The molecular formula is C27H27F3N6O2. The SMILES string of the molecule is N#CCC(n1cc(-c2ncnc3[nH]ccc23)cn1)C1(COCc2ccccc2)CCCC1.O=CC(F)(F)F. The fourth-order valence-electron chi connectivity index (χ4n) is 5.01. The van der Waals surface area contributed by atoms with Gasteiger partial charge in [0.2, 0.25) is 6.29 Å². The van der Waals surface area contributed by atoms with Gasteiger partial charge in [0.25, 0.3) is 0 Å². The van der Waals surface area contributed by atoms with Crippen molar-refractivity contribution in [3.05, 3.63) is 66.9 Å². The maximum absolute atomic E-state index is 10.4. The number of nitrogens with one attached hydrogen (secondary N) is 1. The summed E-state index contributed by atoms with van der Waals surface area (Å²) in [6.07, 6.45) is 6.38. The fraction of sp³-hybridized carbons (Fsp3) is 0.370. The minimum absolute atomic E-state index is 0.0388. The Morgan fingerprint density at radius 3 is 2.61 bits per heavy atom. The summed E-state index contributed by atoms with van der Waals surface area (Å²) in [6.45, 7) is 1.21. The summed E-state index contributed by atoms with van der Waals surface area (Å²) in [7, 11) is 0. The number of aldehydes is 1. The van der Waals surface area contributed by atoms with Crippen LogP contribution in [0.3, 0.4) is 0 Å². The van der Waals surface area contributed by atoms with Crippen molar-refractivity contribution in [1.82, 2.24) is 24.7 Å². The molecule has 0 spiro atoms. The van der Waals surface area contributed by atoms with E-state index >= 15 is 0 Å². The number of carbonyl (C=O) groups excluding carboxylic acids is 1. The number of hydrogen-bond donors (Lipinski definition) is 1. The molecule has 1 N–H and O–H groups in total. The van der Waals surface area contributed by atoms with Crippen LogP contribution in [-0.2, 0) is 16.1 Å². The quantitative estimate of drug-likeness (QED) is 0.292. The highest BCUT2D eigenvalue weighted by Crippen LogP contribution is 2.48. The molecule has 1 aromatic carbocycles. The zero-order valence-corrected chi connectivity index (χ0v) is 20.6. The molecule has 0 bridgehead atoms. The summed E-state index contributed by atoms with van der Waals surface area (Å²) in [4.78, 5) is 20.6. The standard InChI is InChI=1S/C25H26N6O.C2HF3O/c26-12-8-22(25(10-4-5-11-25)17-32-16-19-6-2-1-3-7-19)31-15-20(14-30-31)23-21-9-13-27-24(21)29-18-28-23;3-2(4,5)1-6/h1-3,6-7,9,13-15,18,22H,4-5,8,10-11,16-17H2,(H,27,28,29);1H. The molecule has 8 nitrogen and oxygen atoms in total. The molecule has 38 heavy (non-hydrogen) atoms. The van der Waals surface area contributed by atoms with Crippen LogP contribution in [0.15, 0.2) is 61.3 Å². The van der Waals surface area contributed by atoms with Crippen LogP contribution in [0.25, 0.3) is 22.3 Å². The molecular weight excluding hydrogens is 497 g/mol. The Morgan fingerprint density at radius 1 is 1.18 bits per heavy atom. The van der Waals surface area contributed by atoms with E-state index in [-0.39, 0.29) is 11.5 Å². The molecule has 1 atom stereocenters. The second-order valence-electron chi connectivity index (χ2n) is 9.26. The summed E-state index contributed by atoms with van der Waals surface area (Å²) in [5, 5.41) is 15.3. The van der Waals surface area contributed by atoms with Crippen LogP contribution in [0.5, 0.6) is 0 Å². The minimum Gasteiger partial charge on any atom is -0.376 e. The predicted molar refractivity (Wildman–Crippen MR) is 133 cm³/mol. The molecule has 3 aromatic heterocycles. The Labute approximate surface area is 217 Å². The Kier molecular flexibility index (Phi) is 8.53. The molecule has 1 saturated carbocycles. The van der Waals surface area contributed by atoms with Crippen LogP contribution in [0.2, 0.25) is 0 Å². The summed E-state index contributed by atoms with van der Waals surface area (Å²) >= 11 is 0. The fourth-order valence-corrected chi connectivity index (χ4v) is 5.01. The zero-order chi connectivity index (χ0) is 27.0. The lowest BCUT2D eigenvalue weighted by Gasteiger charge is -2.36. The van der Waals surface area contributed by atoms with Crippen LogP contribution >= 0.6 is 0 Å². The number of aromatic nitrogens is 5. The molecule has 0 radical (unpaired) electrons. The lowest BCUT2D eigenvalue weighted by molar-refractivity contribution is -0.156. The number of rotatable bonds is 8. The molecule has 198 valence electrons. The van der Waals surface area contributed by atoms with Gasteiger partial charge in [-0.15, -0.1) is 0 Å². The molecule has 4 aromatic rings. The van der Waals surface area contributed by atoms with E-state index in [2.05, 4.69) is 33.2 Å². The van der Waals surface area contributed by atoms with Crippen molar-refractivity contribution in [3.63, 3.8) is 0 Å². The van der Waals surface area contributed by atoms with Gasteiger partial charge >= 0.3 is 6.18 Å². The third kappa shape index (κ3) is 6.44. The number of aromatic amines is 1. The number of carbonyl (C=O) groups is 1. The Balaban J connectivity index is 0.000000505. The van der Waals surface area contributed by atoms with Crippen molar-refractivity contribution in [1.29, 1.82) is 5.26 Å². The molecule has 3 heterocycles. The summed E-state index contributed by atoms with van der Waals surface area (Å²) in [5.74, 6) is 0. The third-order valence-electron chi connectivity index (χ3n) is 6.77. The smallest absolute Gasteiger partial charge is 0.376 e. The van der Waals surface area contributed by atoms with E-state index in [9.17, 15) is 18.4 Å². The lowest BCUT2D eigenvalue weighted by atomic mass is 9.78. The van der Waals surface area contributed by atoms with Crippen LogP contribution in [0, 0.1) is 16.7 Å². The van der Waals surface area contributed by atoms with Crippen molar-refractivity contribution < 1.29 is 22.7 Å². The van der Waals surface area contributed by atoms with Crippen molar-refractivity contribution in [2.45, 2.75) is 50.9 Å². The Morgan fingerprint density at radius 2 is 1.92 bits per heavy atom. The normalized spacial score (nSPS) is 15.4. The second kappa shape index (κ2) is 12.0. The Hall–Kier alpha value is -4.04. The average molecular weight is 525 g/mol. The first kappa shape index (κ1) is 27.0. The number of hydrogen-bond acceptors (Lipinski definition) is 6. The van der Waals surface area contributed by atoms with Crippen LogP contribution in [0.4, 0.5) is 13.2 Å². The van der Waals surface area contributed by atoms with Gasteiger partial charge in [-0.1, -0.05) is 43.2 Å². The first-order valence-corrected chi connectivity index (χ1v) is 12.2. The number of fused-ring (bicyclic) bond motifs is 1. The van der Waals surface area contributed by atoms with Crippen LogP contribution in [-0.4, -0.2) is 43.8 Å². The first-order valence-electron chi connectivity index (χ1n) is 12.2. The number of nitrogens with zero attached hydrogens (tertiary/aromatic N) is 5. The molecule has 0 aliphatic heterocycles. The van der Waals surface area contributed by atoms with Gasteiger partial charge in [0.15, 0.2) is 0 Å². The number of nitriles is 1. The predicted octanol–water partition coefficient (Wildman–Crippen LogP) is 5.80. The summed E-state index contributed by atoms with van der Waals surface area (Å²) in [5.41, 5.74) is 3.65. The van der Waals surface area contributed by atoms with Gasteiger partial charge in [-0.25, -0.2) is 9.97 Å². The maximum atomic E-state index is 10.4. The molecule has 0 saturated heterocycles. The number of ether oxygens (including phenoxy) is 1. The molecule has 1 aliphatic rings. The van der Waals surface area contributed by atoms with E-state index in [0.29, 0.717) is 19.6 Å². The van der Waals surface area contributed by atoms with Gasteiger partial charge in [0.1, 0.15) is 12.0 Å². The molecule has 5 rings (SSSR count). The van der Waals surface area contributed by atoms with Crippen LogP contribution in [0.1, 0.15) is 43.7 Å². The van der Waals surface area contributed by atoms with E-state index in [1.54, 1.807) is 6.33 Å². The lowest BCUT2D eigenvalue weighted by Crippen LogP contribution is -2.35. The zero-order valence-electron chi connectivity index (χ0n) is 20.6. The average Bonchev–Trinajstić information content (AvgIpc) is 3.69. The molecule has 1 aliphatic carbocycles. The highest BCUT2D eigenvalue weighted by atomic mass is 19.4. The molecule has 1 unspecified atom stereocenters. The van der Waals surface area contributed by atoms with Crippen molar-refractivity contribution in [2.24, 2.45) is 5.41 Å². The monoisotopic (exact) mass is 524 g/mol. The van der Waals surface area contributed by atoms with Crippen LogP contribution < -0.4 is 0 Å². The van der Waals surface area contributed by atoms with E-state index in [4.69, 9.17) is 14.6 Å². The second-order valence-corrected chi connectivity index (χ2v) is 9.26. The van der Waals surface area contributed by atoms with Crippen molar-refractivity contribution in [3.8, 4) is 17.3 Å². The summed E-state index contributed by atoms with van der Waals surface area (Å²) in [6, 6.07) is 14.6. The molecule has 0 amide bonds. The molecule has 11 heteroatoms. The number of benzene rings is 1. The number of H-pyrrole nitrogens is 1. The van der Waals surface area contributed by atoms with Gasteiger partial charge < -0.3 is 9.72 Å². The van der Waals surface area contributed by atoms with E-state index in [1.807, 2.05) is 47.5 Å². The third-order valence-corrected chi connectivity index (χ3v) is 6.77. The van der Waals surface area contributed by atoms with Gasteiger partial charge in [0.05, 0.1) is 43.6 Å². The molecule has 1 fully saturated rings.